The number of rotatable bonds is 12. The number of hydrogen-bond acceptors (Lipinski definition) is 3. The molecule has 0 radical (unpaired) electrons. The van der Waals surface area contributed by atoms with Crippen LogP contribution in [0.25, 0.3) is 0 Å². The Bertz CT molecular complexity index is 300. The summed E-state index contributed by atoms with van der Waals surface area (Å²) in [6, 6.07) is 1.04. The van der Waals surface area contributed by atoms with Crippen LogP contribution in [0, 0.1) is 0 Å². The third kappa shape index (κ3) is 10.6. The first-order valence-corrected chi connectivity index (χ1v) is 9.41. The molecule has 0 aromatic carbocycles. The van der Waals surface area contributed by atoms with Gasteiger partial charge in [-0.05, 0) is 59.8 Å². The first-order valence-electron chi connectivity index (χ1n) is 9.41. The van der Waals surface area contributed by atoms with Crippen LogP contribution in [-0.4, -0.2) is 74.2 Å². The number of likely N-dealkylation sites (N-methyl/N-ethyl adjacent to an activating group) is 1. The van der Waals surface area contributed by atoms with Gasteiger partial charge in [0.2, 0.25) is 0 Å². The van der Waals surface area contributed by atoms with Crippen molar-refractivity contribution in [3.63, 3.8) is 0 Å². The van der Waals surface area contributed by atoms with Crippen LogP contribution in [0.4, 0.5) is 0 Å². The molecule has 5 heteroatoms. The number of aliphatic imine (C=N–C) groups is 1. The van der Waals surface area contributed by atoms with E-state index in [1.807, 2.05) is 7.05 Å². The van der Waals surface area contributed by atoms with Crippen LogP contribution >= 0.6 is 0 Å². The second-order valence-electron chi connectivity index (χ2n) is 6.44. The molecule has 0 aromatic rings. The third-order valence-corrected chi connectivity index (χ3v) is 4.44. The van der Waals surface area contributed by atoms with E-state index in [1.165, 1.54) is 19.4 Å². The Labute approximate surface area is 144 Å². The van der Waals surface area contributed by atoms with Crippen LogP contribution in [0.5, 0.6) is 0 Å². The largest absolute Gasteiger partial charge is 0.355 e. The summed E-state index contributed by atoms with van der Waals surface area (Å²) in [6.45, 7) is 19.9. The van der Waals surface area contributed by atoms with E-state index in [4.69, 9.17) is 0 Å². The maximum Gasteiger partial charge on any atom is 0.191 e. The molecule has 0 aliphatic carbocycles. The minimum absolute atomic E-state index is 0.448. The van der Waals surface area contributed by atoms with Gasteiger partial charge in [0.05, 0.1) is 0 Å². The predicted molar refractivity (Wildman–Crippen MR) is 103 cm³/mol. The standard InChI is InChI=1S/C18H41N5/c1-8-22(9-2)14-11-12-17(6)21-18(19-7)20-13-15-23(10-3)16(4)5/h16-17H,8-15H2,1-7H3,(H2,19,20,21). The Morgan fingerprint density at radius 2 is 1.65 bits per heavy atom. The molecule has 0 saturated carbocycles. The Hall–Kier alpha value is -0.810. The summed E-state index contributed by atoms with van der Waals surface area (Å²) in [5, 5.41) is 6.93. The molecule has 1 atom stereocenters. The van der Waals surface area contributed by atoms with Gasteiger partial charge in [-0.1, -0.05) is 20.8 Å². The Morgan fingerprint density at radius 3 is 2.13 bits per heavy atom. The summed E-state index contributed by atoms with van der Waals surface area (Å²) in [6.07, 6.45) is 2.40. The topological polar surface area (TPSA) is 42.9 Å². The van der Waals surface area contributed by atoms with Gasteiger partial charge in [0.1, 0.15) is 0 Å². The molecule has 0 rings (SSSR count). The van der Waals surface area contributed by atoms with Crippen LogP contribution in [0.15, 0.2) is 4.99 Å². The highest BCUT2D eigenvalue weighted by Crippen LogP contribution is 2.00. The molecule has 1 unspecified atom stereocenters. The van der Waals surface area contributed by atoms with E-state index in [0.717, 1.165) is 38.7 Å². The zero-order valence-electron chi connectivity index (χ0n) is 16.7. The van der Waals surface area contributed by atoms with Crippen molar-refractivity contribution in [2.24, 2.45) is 4.99 Å². The summed E-state index contributed by atoms with van der Waals surface area (Å²) in [5.74, 6) is 0.917. The quantitative estimate of drug-likeness (QED) is 0.427. The van der Waals surface area contributed by atoms with E-state index in [1.54, 1.807) is 0 Å². The van der Waals surface area contributed by atoms with Gasteiger partial charge in [0.25, 0.3) is 0 Å². The molecule has 0 bridgehead atoms. The number of hydrogen-bond donors (Lipinski definition) is 2. The summed E-state index contributed by atoms with van der Waals surface area (Å²) in [4.78, 5) is 9.27. The number of nitrogens with one attached hydrogen (secondary N) is 2. The molecule has 2 N–H and O–H groups in total. The molecule has 0 aromatic heterocycles. The van der Waals surface area contributed by atoms with E-state index in [2.05, 4.69) is 67.0 Å². The van der Waals surface area contributed by atoms with Gasteiger partial charge in [-0.15, -0.1) is 0 Å². The second kappa shape index (κ2) is 13.6. The molecule has 0 spiro atoms. The fourth-order valence-corrected chi connectivity index (χ4v) is 2.76. The lowest BCUT2D eigenvalue weighted by molar-refractivity contribution is 0.237. The van der Waals surface area contributed by atoms with E-state index in [9.17, 15) is 0 Å². The van der Waals surface area contributed by atoms with E-state index in [0.29, 0.717) is 12.1 Å². The minimum Gasteiger partial charge on any atom is -0.355 e. The minimum atomic E-state index is 0.448. The lowest BCUT2D eigenvalue weighted by Crippen LogP contribution is -2.45. The van der Waals surface area contributed by atoms with Crippen molar-refractivity contribution in [3.8, 4) is 0 Å². The molecule has 23 heavy (non-hydrogen) atoms. The molecular weight excluding hydrogens is 286 g/mol. The smallest absolute Gasteiger partial charge is 0.191 e. The maximum absolute atomic E-state index is 4.34. The highest BCUT2D eigenvalue weighted by molar-refractivity contribution is 5.79. The van der Waals surface area contributed by atoms with E-state index in [-0.39, 0.29) is 0 Å². The monoisotopic (exact) mass is 327 g/mol. The van der Waals surface area contributed by atoms with Gasteiger partial charge in [-0.3, -0.25) is 9.89 Å². The van der Waals surface area contributed by atoms with Gasteiger partial charge < -0.3 is 15.5 Å². The molecule has 0 amide bonds. The van der Waals surface area contributed by atoms with Gasteiger partial charge in [-0.2, -0.15) is 0 Å². The van der Waals surface area contributed by atoms with Crippen molar-refractivity contribution in [2.75, 3.05) is 46.3 Å². The van der Waals surface area contributed by atoms with Gasteiger partial charge in [-0.25, -0.2) is 0 Å². The van der Waals surface area contributed by atoms with Crippen molar-refractivity contribution in [2.45, 2.75) is 66.5 Å². The highest BCUT2D eigenvalue weighted by atomic mass is 15.2. The molecule has 0 saturated heterocycles. The van der Waals surface area contributed by atoms with Crippen molar-refractivity contribution in [1.29, 1.82) is 0 Å². The highest BCUT2D eigenvalue weighted by Gasteiger charge is 2.08. The molecule has 0 heterocycles. The van der Waals surface area contributed by atoms with Gasteiger partial charge >= 0.3 is 0 Å². The zero-order chi connectivity index (χ0) is 17.7. The predicted octanol–water partition coefficient (Wildman–Crippen LogP) is 2.39. The van der Waals surface area contributed by atoms with Crippen molar-refractivity contribution in [1.82, 2.24) is 20.4 Å². The van der Waals surface area contributed by atoms with Crippen LogP contribution < -0.4 is 10.6 Å². The maximum atomic E-state index is 4.34. The third-order valence-electron chi connectivity index (χ3n) is 4.44. The Morgan fingerprint density at radius 1 is 1.00 bits per heavy atom. The Balaban J connectivity index is 3.99. The summed E-state index contributed by atoms with van der Waals surface area (Å²) in [7, 11) is 1.85. The fraction of sp³-hybridized carbons (Fsp3) is 0.944. The van der Waals surface area contributed by atoms with Crippen molar-refractivity contribution in [3.05, 3.63) is 0 Å². The number of nitrogens with zero attached hydrogens (tertiary/aromatic N) is 3. The van der Waals surface area contributed by atoms with Crippen LogP contribution in [0.3, 0.4) is 0 Å². The average molecular weight is 328 g/mol. The van der Waals surface area contributed by atoms with Crippen LogP contribution in [0.2, 0.25) is 0 Å². The zero-order valence-corrected chi connectivity index (χ0v) is 16.7. The summed E-state index contributed by atoms with van der Waals surface area (Å²) >= 11 is 0. The van der Waals surface area contributed by atoms with Crippen molar-refractivity contribution >= 4 is 5.96 Å². The first kappa shape index (κ1) is 22.2. The fourth-order valence-electron chi connectivity index (χ4n) is 2.76. The molecule has 138 valence electrons. The first-order chi connectivity index (χ1) is 11.0. The molecule has 0 aliphatic rings. The SMILES string of the molecule is CCN(CC)CCCC(C)NC(=NC)NCCN(CC)C(C)C. The summed E-state index contributed by atoms with van der Waals surface area (Å²) in [5.41, 5.74) is 0. The molecule has 0 aliphatic heterocycles. The van der Waals surface area contributed by atoms with Gasteiger partial charge in [0, 0.05) is 32.2 Å². The van der Waals surface area contributed by atoms with E-state index >= 15 is 0 Å². The lowest BCUT2D eigenvalue weighted by Gasteiger charge is -2.25. The van der Waals surface area contributed by atoms with Gasteiger partial charge in [0.15, 0.2) is 5.96 Å². The number of guanidine groups is 1. The molecule has 0 fully saturated rings. The Kier molecular flexibility index (Phi) is 13.1. The van der Waals surface area contributed by atoms with E-state index < -0.39 is 0 Å². The average Bonchev–Trinajstić information content (AvgIpc) is 2.54. The second-order valence-corrected chi connectivity index (χ2v) is 6.44. The molecule has 5 nitrogen and oxygen atoms in total. The van der Waals surface area contributed by atoms with Crippen LogP contribution in [-0.2, 0) is 0 Å². The van der Waals surface area contributed by atoms with Crippen molar-refractivity contribution < 1.29 is 0 Å². The molecular formula is C18H41N5. The lowest BCUT2D eigenvalue weighted by atomic mass is 10.2. The van der Waals surface area contributed by atoms with Crippen LogP contribution in [0.1, 0.15) is 54.4 Å². The summed E-state index contributed by atoms with van der Waals surface area (Å²) < 4.78 is 0. The normalized spacial score (nSPS) is 13.9.